The van der Waals surface area contributed by atoms with Gasteiger partial charge in [0.1, 0.15) is 34.5 Å². The Morgan fingerprint density at radius 3 is 2.27 bits per heavy atom. The van der Waals surface area contributed by atoms with Crippen molar-refractivity contribution in [1.29, 1.82) is 0 Å². The topological polar surface area (TPSA) is 75.1 Å². The fraction of sp³-hybridized carbons (Fsp3) is 0.0476. The van der Waals surface area contributed by atoms with Crippen LogP contribution >= 0.6 is 0 Å². The second-order valence-corrected chi connectivity index (χ2v) is 12.3. The van der Waals surface area contributed by atoms with Crippen LogP contribution in [0.3, 0.4) is 0 Å². The van der Waals surface area contributed by atoms with E-state index in [1.54, 1.807) is 0 Å². The molecular weight excluding hydrogens is 592 g/mol. The maximum absolute atomic E-state index is 6.60. The van der Waals surface area contributed by atoms with Crippen LogP contribution in [0.25, 0.3) is 60.9 Å². The summed E-state index contributed by atoms with van der Waals surface area (Å²) in [7, 11) is 0. The van der Waals surface area contributed by atoms with Gasteiger partial charge in [-0.25, -0.2) is 9.98 Å². The van der Waals surface area contributed by atoms with Crippen LogP contribution in [0.5, 0.6) is 0 Å². The average molecular weight is 621 g/mol. The first-order chi connectivity index (χ1) is 23.8. The zero-order valence-electron chi connectivity index (χ0n) is 25.8. The van der Waals surface area contributed by atoms with E-state index in [1.807, 2.05) is 48.7 Å². The first-order valence-electron chi connectivity index (χ1n) is 16.1. The molecule has 0 fully saturated rings. The third-order valence-corrected chi connectivity index (χ3v) is 9.35. The monoisotopic (exact) mass is 620 g/mol. The third kappa shape index (κ3) is 4.27. The zero-order chi connectivity index (χ0) is 31.6. The van der Waals surface area contributed by atoms with E-state index in [-0.39, 0.29) is 6.17 Å². The van der Waals surface area contributed by atoms with Crippen LogP contribution in [0.4, 0.5) is 0 Å². The normalized spacial score (nSPS) is 15.7. The van der Waals surface area contributed by atoms with E-state index in [0.717, 1.165) is 83.3 Å². The van der Waals surface area contributed by atoms with Crippen LogP contribution in [0.15, 0.2) is 152 Å². The molecule has 0 amide bonds. The van der Waals surface area contributed by atoms with Crippen molar-refractivity contribution in [2.24, 2.45) is 9.98 Å². The van der Waals surface area contributed by atoms with Crippen molar-refractivity contribution in [3.8, 4) is 11.1 Å². The predicted octanol–water partition coefficient (Wildman–Crippen LogP) is 9.72. The summed E-state index contributed by atoms with van der Waals surface area (Å²) in [5, 5.41) is 12.5. The van der Waals surface area contributed by atoms with E-state index in [0.29, 0.717) is 12.4 Å². The van der Waals surface area contributed by atoms with Crippen LogP contribution < -0.4 is 10.6 Å². The quantitative estimate of drug-likeness (QED) is 0.205. The Morgan fingerprint density at radius 2 is 1.42 bits per heavy atom. The van der Waals surface area contributed by atoms with E-state index in [4.69, 9.17) is 18.8 Å². The Labute approximate surface area is 275 Å². The number of amidine groups is 2. The number of fused-ring (bicyclic) bond motifs is 7. The minimum absolute atomic E-state index is 0.318. The lowest BCUT2D eigenvalue weighted by atomic mass is 9.93. The Bertz CT molecular complexity index is 2650. The SMILES string of the molecule is C1=Cc2c(oc3cc(-c4cccc5oc6cc7ccccc7cc6c45)cc(C4=NC(c5ccccc5)=NC(c5ccccc5)N4)c23)CN1. The Kier molecular flexibility index (Phi) is 5.90. The van der Waals surface area contributed by atoms with Crippen LogP contribution in [0, 0.1) is 0 Å². The number of aliphatic imine (C=N–C) groups is 2. The molecule has 8 aromatic rings. The molecule has 0 saturated carbocycles. The molecule has 2 aliphatic rings. The molecule has 6 aromatic carbocycles. The van der Waals surface area contributed by atoms with E-state index < -0.39 is 0 Å². The molecule has 6 nitrogen and oxygen atoms in total. The summed E-state index contributed by atoms with van der Waals surface area (Å²) in [6.07, 6.45) is 3.76. The van der Waals surface area contributed by atoms with Crippen molar-refractivity contribution in [2.45, 2.75) is 12.7 Å². The minimum atomic E-state index is -0.318. The molecule has 10 rings (SSSR count). The zero-order valence-corrected chi connectivity index (χ0v) is 25.8. The average Bonchev–Trinajstić information content (AvgIpc) is 3.72. The smallest absolute Gasteiger partial charge is 0.159 e. The molecule has 0 spiro atoms. The summed E-state index contributed by atoms with van der Waals surface area (Å²) in [5.74, 6) is 2.33. The lowest BCUT2D eigenvalue weighted by Gasteiger charge is -2.24. The van der Waals surface area contributed by atoms with Gasteiger partial charge < -0.3 is 19.5 Å². The molecule has 6 heteroatoms. The van der Waals surface area contributed by atoms with Crippen molar-refractivity contribution in [2.75, 3.05) is 0 Å². The van der Waals surface area contributed by atoms with Crippen LogP contribution in [0.2, 0.25) is 0 Å². The highest BCUT2D eigenvalue weighted by atomic mass is 16.3. The molecule has 1 unspecified atom stereocenters. The molecule has 2 aromatic heterocycles. The molecular formula is C42H28N4O2. The summed E-state index contributed by atoms with van der Waals surface area (Å²) in [5.41, 5.74) is 8.66. The summed E-state index contributed by atoms with van der Waals surface area (Å²) in [6, 6.07) is 43.9. The van der Waals surface area contributed by atoms with Crippen molar-refractivity contribution >= 4 is 61.4 Å². The number of nitrogens with zero attached hydrogens (tertiary/aromatic N) is 2. The highest BCUT2D eigenvalue weighted by molar-refractivity contribution is 6.20. The van der Waals surface area contributed by atoms with Crippen LogP contribution in [-0.2, 0) is 6.54 Å². The van der Waals surface area contributed by atoms with Gasteiger partial charge in [0.2, 0.25) is 0 Å². The Morgan fingerprint density at radius 1 is 0.625 bits per heavy atom. The fourth-order valence-corrected chi connectivity index (χ4v) is 7.11. The summed E-state index contributed by atoms with van der Waals surface area (Å²) >= 11 is 0. The maximum atomic E-state index is 6.60. The van der Waals surface area contributed by atoms with Crippen molar-refractivity contribution in [1.82, 2.24) is 10.6 Å². The van der Waals surface area contributed by atoms with Crippen LogP contribution in [-0.4, -0.2) is 11.7 Å². The summed E-state index contributed by atoms with van der Waals surface area (Å²) < 4.78 is 13.1. The number of hydrogen-bond donors (Lipinski definition) is 2. The highest BCUT2D eigenvalue weighted by Gasteiger charge is 2.27. The highest BCUT2D eigenvalue weighted by Crippen LogP contribution is 2.42. The van der Waals surface area contributed by atoms with Gasteiger partial charge >= 0.3 is 0 Å². The third-order valence-electron chi connectivity index (χ3n) is 9.35. The van der Waals surface area contributed by atoms with Gasteiger partial charge in [0.25, 0.3) is 0 Å². The molecule has 2 N–H and O–H groups in total. The van der Waals surface area contributed by atoms with Crippen LogP contribution in [0.1, 0.15) is 34.2 Å². The predicted molar refractivity (Wildman–Crippen MR) is 194 cm³/mol. The van der Waals surface area contributed by atoms with Gasteiger partial charge in [-0.05, 0) is 70.1 Å². The molecule has 0 bridgehead atoms. The van der Waals surface area contributed by atoms with E-state index in [1.165, 1.54) is 5.39 Å². The standard InChI is InChI=1S/C42H28N4O2/c1-3-10-25(11-4-1)40-44-41(26-12-5-2-6-13-26)46-42(45-40)33-21-29(23-36-39(33)31-18-19-43-24-37(31)48-36)30-16-9-17-34-38(30)32-20-27-14-7-8-15-28(27)22-35(32)47-34/h1-23,40,43H,24H2,(H,44,45,46). The summed E-state index contributed by atoms with van der Waals surface area (Å²) in [6.45, 7) is 0.619. The van der Waals surface area contributed by atoms with E-state index >= 15 is 0 Å². The van der Waals surface area contributed by atoms with Gasteiger partial charge in [0, 0.05) is 32.8 Å². The number of nitrogens with one attached hydrogen (secondary N) is 2. The van der Waals surface area contributed by atoms with Gasteiger partial charge in [0.15, 0.2) is 5.84 Å². The summed E-state index contributed by atoms with van der Waals surface area (Å²) in [4.78, 5) is 10.3. The van der Waals surface area contributed by atoms with E-state index in [9.17, 15) is 0 Å². The van der Waals surface area contributed by atoms with Gasteiger partial charge in [-0.2, -0.15) is 0 Å². The first kappa shape index (κ1) is 26.8. The number of benzene rings is 6. The number of hydrogen-bond acceptors (Lipinski definition) is 6. The molecule has 228 valence electrons. The largest absolute Gasteiger partial charge is 0.458 e. The van der Waals surface area contributed by atoms with Crippen molar-refractivity contribution < 1.29 is 8.83 Å². The second-order valence-electron chi connectivity index (χ2n) is 12.3. The van der Waals surface area contributed by atoms with Gasteiger partial charge in [-0.3, -0.25) is 0 Å². The molecule has 0 radical (unpaired) electrons. The number of rotatable bonds is 4. The van der Waals surface area contributed by atoms with Gasteiger partial charge in [-0.15, -0.1) is 0 Å². The molecule has 48 heavy (non-hydrogen) atoms. The molecule has 1 atom stereocenters. The Balaban J connectivity index is 1.23. The van der Waals surface area contributed by atoms with Crippen molar-refractivity contribution in [3.63, 3.8) is 0 Å². The van der Waals surface area contributed by atoms with Gasteiger partial charge in [0.05, 0.1) is 6.54 Å². The van der Waals surface area contributed by atoms with E-state index in [2.05, 4.69) is 102 Å². The molecule has 4 heterocycles. The maximum Gasteiger partial charge on any atom is 0.159 e. The lowest BCUT2D eigenvalue weighted by molar-refractivity contribution is 0.532. The number of furan rings is 2. The molecule has 0 saturated heterocycles. The van der Waals surface area contributed by atoms with Crippen molar-refractivity contribution in [3.05, 3.63) is 162 Å². The Hall–Kier alpha value is -6.40. The van der Waals surface area contributed by atoms with Gasteiger partial charge in [-0.1, -0.05) is 97.1 Å². The lowest BCUT2D eigenvalue weighted by Crippen LogP contribution is -2.33. The molecule has 0 aliphatic carbocycles. The fourth-order valence-electron chi connectivity index (χ4n) is 7.11. The first-order valence-corrected chi connectivity index (χ1v) is 16.1. The second kappa shape index (κ2) is 10.6. The molecule has 2 aliphatic heterocycles. The minimum Gasteiger partial charge on any atom is -0.458 e.